The second-order valence-corrected chi connectivity index (χ2v) is 6.76. The first-order valence-corrected chi connectivity index (χ1v) is 7.37. The van der Waals surface area contributed by atoms with E-state index < -0.39 is 5.60 Å². The quantitative estimate of drug-likeness (QED) is 0.855. The van der Waals surface area contributed by atoms with Crippen molar-refractivity contribution in [2.45, 2.75) is 58.5 Å². The molecule has 4 nitrogen and oxygen atoms in total. The molecular formula is C15H29NO3. The minimum absolute atomic E-state index is 0.239. The molecule has 0 aromatic heterocycles. The predicted octanol–water partition coefficient (Wildman–Crippen LogP) is 3.04. The molecule has 1 fully saturated rings. The number of hydrogen-bond donors (Lipinski definition) is 1. The summed E-state index contributed by atoms with van der Waals surface area (Å²) in [5.41, 5.74) is -0.426. The highest BCUT2D eigenvalue weighted by Crippen LogP contribution is 2.30. The van der Waals surface area contributed by atoms with Crippen LogP contribution >= 0.6 is 0 Å². The van der Waals surface area contributed by atoms with Crippen LogP contribution in [0.3, 0.4) is 0 Å². The number of aliphatic hydroxyl groups excluding tert-OH is 1. The van der Waals surface area contributed by atoms with Gasteiger partial charge in [-0.3, -0.25) is 0 Å². The SMILES string of the molecule is CN(CC[C@H]1CC[C@H](CO)CC1)C(=O)OC(C)(C)C. The molecule has 1 saturated carbocycles. The summed E-state index contributed by atoms with van der Waals surface area (Å²) >= 11 is 0. The molecule has 0 bridgehead atoms. The molecule has 1 aliphatic carbocycles. The lowest BCUT2D eigenvalue weighted by molar-refractivity contribution is 0.0285. The van der Waals surface area contributed by atoms with Crippen molar-refractivity contribution in [2.75, 3.05) is 20.2 Å². The van der Waals surface area contributed by atoms with Crippen LogP contribution in [-0.4, -0.2) is 41.9 Å². The van der Waals surface area contributed by atoms with E-state index in [9.17, 15) is 4.79 Å². The van der Waals surface area contributed by atoms with Crippen LogP contribution < -0.4 is 0 Å². The van der Waals surface area contributed by atoms with Gasteiger partial charge in [0.25, 0.3) is 0 Å². The summed E-state index contributed by atoms with van der Waals surface area (Å²) in [5, 5.41) is 9.11. The Balaban J connectivity index is 2.23. The lowest BCUT2D eigenvalue weighted by Gasteiger charge is -2.29. The highest BCUT2D eigenvalue weighted by molar-refractivity contribution is 5.67. The molecule has 1 N–H and O–H groups in total. The number of carbonyl (C=O) groups excluding carboxylic acids is 1. The summed E-state index contributed by atoms with van der Waals surface area (Å²) in [6.07, 6.45) is 5.39. The first kappa shape index (κ1) is 16.3. The number of carbonyl (C=O) groups is 1. The van der Waals surface area contributed by atoms with Crippen molar-refractivity contribution in [1.29, 1.82) is 0 Å². The van der Waals surface area contributed by atoms with Gasteiger partial charge in [0.1, 0.15) is 5.60 Å². The number of amides is 1. The number of nitrogens with zero attached hydrogens (tertiary/aromatic N) is 1. The monoisotopic (exact) mass is 271 g/mol. The van der Waals surface area contributed by atoms with Crippen molar-refractivity contribution >= 4 is 6.09 Å². The molecule has 1 rings (SSSR count). The predicted molar refractivity (Wildman–Crippen MR) is 76.0 cm³/mol. The van der Waals surface area contributed by atoms with E-state index in [0.29, 0.717) is 18.4 Å². The number of hydrogen-bond acceptors (Lipinski definition) is 3. The van der Waals surface area contributed by atoms with Gasteiger partial charge >= 0.3 is 6.09 Å². The summed E-state index contributed by atoms with van der Waals surface area (Å²) in [6.45, 7) is 6.73. The summed E-state index contributed by atoms with van der Waals surface area (Å²) in [4.78, 5) is 13.5. The van der Waals surface area contributed by atoms with Gasteiger partial charge in [-0.25, -0.2) is 4.79 Å². The molecule has 1 amide bonds. The van der Waals surface area contributed by atoms with E-state index in [1.54, 1.807) is 11.9 Å². The minimum atomic E-state index is -0.426. The highest BCUT2D eigenvalue weighted by atomic mass is 16.6. The van der Waals surface area contributed by atoms with Gasteiger partial charge in [-0.2, -0.15) is 0 Å². The summed E-state index contributed by atoms with van der Waals surface area (Å²) < 4.78 is 5.33. The Morgan fingerprint density at radius 1 is 1.21 bits per heavy atom. The van der Waals surface area contributed by atoms with Crippen LogP contribution in [0.25, 0.3) is 0 Å². The molecule has 0 unspecified atom stereocenters. The van der Waals surface area contributed by atoms with E-state index in [2.05, 4.69) is 0 Å². The maximum Gasteiger partial charge on any atom is 0.410 e. The van der Waals surface area contributed by atoms with Crippen LogP contribution in [0.15, 0.2) is 0 Å². The maximum absolute atomic E-state index is 11.8. The third-order valence-corrected chi connectivity index (χ3v) is 3.80. The fourth-order valence-corrected chi connectivity index (χ4v) is 2.51. The van der Waals surface area contributed by atoms with Crippen molar-refractivity contribution in [3.8, 4) is 0 Å². The molecule has 0 aromatic carbocycles. The van der Waals surface area contributed by atoms with E-state index in [0.717, 1.165) is 25.8 Å². The van der Waals surface area contributed by atoms with E-state index in [1.807, 2.05) is 20.8 Å². The average Bonchev–Trinajstić information content (AvgIpc) is 2.34. The van der Waals surface area contributed by atoms with Crippen LogP contribution in [-0.2, 0) is 4.74 Å². The van der Waals surface area contributed by atoms with Crippen molar-refractivity contribution in [2.24, 2.45) is 11.8 Å². The van der Waals surface area contributed by atoms with E-state index in [1.165, 1.54) is 12.8 Å². The van der Waals surface area contributed by atoms with E-state index >= 15 is 0 Å². The Labute approximate surface area is 117 Å². The van der Waals surface area contributed by atoms with Gasteiger partial charge in [-0.15, -0.1) is 0 Å². The second kappa shape index (κ2) is 7.13. The lowest BCUT2D eigenvalue weighted by Crippen LogP contribution is -2.35. The highest BCUT2D eigenvalue weighted by Gasteiger charge is 2.23. The number of ether oxygens (including phenoxy) is 1. The van der Waals surface area contributed by atoms with Gasteiger partial charge in [0.05, 0.1) is 0 Å². The zero-order valence-corrected chi connectivity index (χ0v) is 12.8. The van der Waals surface area contributed by atoms with E-state index in [-0.39, 0.29) is 6.09 Å². The first-order chi connectivity index (χ1) is 8.81. The molecule has 4 heteroatoms. The van der Waals surface area contributed by atoms with E-state index in [4.69, 9.17) is 9.84 Å². The normalized spacial score (nSPS) is 24.1. The van der Waals surface area contributed by atoms with Crippen molar-refractivity contribution in [3.63, 3.8) is 0 Å². The van der Waals surface area contributed by atoms with Gasteiger partial charge in [-0.05, 0) is 51.9 Å². The molecule has 0 radical (unpaired) electrons. The second-order valence-electron chi connectivity index (χ2n) is 6.76. The largest absolute Gasteiger partial charge is 0.444 e. The summed E-state index contributed by atoms with van der Waals surface area (Å²) in [6, 6.07) is 0. The van der Waals surface area contributed by atoms with Crippen LogP contribution in [0.5, 0.6) is 0 Å². The fourth-order valence-electron chi connectivity index (χ4n) is 2.51. The Morgan fingerprint density at radius 3 is 2.21 bits per heavy atom. The van der Waals surface area contributed by atoms with Crippen LogP contribution in [0.1, 0.15) is 52.9 Å². The van der Waals surface area contributed by atoms with Crippen molar-refractivity contribution in [3.05, 3.63) is 0 Å². The Hall–Kier alpha value is -0.770. The van der Waals surface area contributed by atoms with Crippen molar-refractivity contribution in [1.82, 2.24) is 4.90 Å². The molecule has 1 aliphatic rings. The number of rotatable bonds is 4. The van der Waals surface area contributed by atoms with Gasteiger partial charge in [0, 0.05) is 20.2 Å². The fraction of sp³-hybridized carbons (Fsp3) is 0.933. The molecule has 112 valence electrons. The van der Waals surface area contributed by atoms with Crippen LogP contribution in [0.4, 0.5) is 4.79 Å². The Kier molecular flexibility index (Phi) is 6.11. The van der Waals surface area contributed by atoms with Gasteiger partial charge in [0.15, 0.2) is 0 Å². The Morgan fingerprint density at radius 2 is 1.74 bits per heavy atom. The van der Waals surface area contributed by atoms with Crippen LogP contribution in [0, 0.1) is 11.8 Å². The maximum atomic E-state index is 11.8. The molecule has 0 spiro atoms. The molecule has 0 aliphatic heterocycles. The Bertz CT molecular complexity index is 278. The molecule has 19 heavy (non-hydrogen) atoms. The topological polar surface area (TPSA) is 49.8 Å². The zero-order chi connectivity index (χ0) is 14.5. The molecule has 0 saturated heterocycles. The van der Waals surface area contributed by atoms with Gasteiger partial charge in [-0.1, -0.05) is 12.8 Å². The summed E-state index contributed by atoms with van der Waals surface area (Å²) in [7, 11) is 1.80. The van der Waals surface area contributed by atoms with Crippen molar-refractivity contribution < 1.29 is 14.6 Å². The number of aliphatic hydroxyl groups is 1. The molecule has 0 aromatic rings. The van der Waals surface area contributed by atoms with Gasteiger partial charge in [0.2, 0.25) is 0 Å². The summed E-state index contributed by atoms with van der Waals surface area (Å²) in [5.74, 6) is 1.19. The average molecular weight is 271 g/mol. The first-order valence-electron chi connectivity index (χ1n) is 7.37. The standard InChI is InChI=1S/C15H29NO3/c1-15(2,3)19-14(18)16(4)10-9-12-5-7-13(11-17)8-6-12/h12-13,17H,5-11H2,1-4H3/t12-,13-. The molecular weight excluding hydrogens is 242 g/mol. The third-order valence-electron chi connectivity index (χ3n) is 3.80. The third kappa shape index (κ3) is 6.28. The smallest absolute Gasteiger partial charge is 0.410 e. The lowest BCUT2D eigenvalue weighted by atomic mass is 9.81. The molecule has 0 atom stereocenters. The minimum Gasteiger partial charge on any atom is -0.444 e. The van der Waals surface area contributed by atoms with Crippen LogP contribution in [0.2, 0.25) is 0 Å². The molecule has 0 heterocycles. The van der Waals surface area contributed by atoms with Gasteiger partial charge < -0.3 is 14.7 Å². The zero-order valence-electron chi connectivity index (χ0n) is 12.8.